The molecule has 0 atom stereocenters. The van der Waals surface area contributed by atoms with E-state index in [9.17, 15) is 24.2 Å². The zero-order chi connectivity index (χ0) is 22.8. The fourth-order valence-corrected chi connectivity index (χ4v) is 4.32. The maximum atomic E-state index is 12.8. The Kier molecular flexibility index (Phi) is 6.14. The summed E-state index contributed by atoms with van der Waals surface area (Å²) in [6.07, 6.45) is 5.27. The molecule has 9 heteroatoms. The molecule has 0 amide bonds. The minimum absolute atomic E-state index is 0.216. The van der Waals surface area contributed by atoms with Gasteiger partial charge in [-0.3, -0.25) is 0 Å². The molecule has 0 aliphatic heterocycles. The standard InChI is InChI=1S/C22H25F5O3S/c1-2-15-29-19-9-7-17(8-10-19)16-3-5-18(6-4-16)22(28)30-20-11-13-21(14-12-20)31(23,24,25,26)27/h3-6,11-14,17,19H,2,7-10,15H2,1H3/t17-,19-. The van der Waals surface area contributed by atoms with E-state index in [1.807, 2.05) is 12.1 Å². The summed E-state index contributed by atoms with van der Waals surface area (Å²) in [5.41, 5.74) is 1.33. The Morgan fingerprint density at radius 2 is 1.48 bits per heavy atom. The van der Waals surface area contributed by atoms with Crippen molar-refractivity contribution < 1.29 is 33.7 Å². The topological polar surface area (TPSA) is 35.5 Å². The largest absolute Gasteiger partial charge is 0.423 e. The molecular formula is C22H25F5O3S. The molecule has 1 aliphatic carbocycles. The van der Waals surface area contributed by atoms with Crippen molar-refractivity contribution in [2.24, 2.45) is 0 Å². The maximum absolute atomic E-state index is 12.8. The molecular weight excluding hydrogens is 439 g/mol. The minimum atomic E-state index is -9.75. The van der Waals surface area contributed by atoms with Gasteiger partial charge in [0.25, 0.3) is 0 Å². The molecule has 1 saturated carbocycles. The Balaban J connectivity index is 1.59. The monoisotopic (exact) mass is 464 g/mol. The lowest BCUT2D eigenvalue weighted by Crippen LogP contribution is -2.21. The van der Waals surface area contributed by atoms with Gasteiger partial charge in [-0.25, -0.2) is 4.79 Å². The highest BCUT2D eigenvalue weighted by Crippen LogP contribution is 3.02. The van der Waals surface area contributed by atoms with Crippen molar-refractivity contribution in [1.29, 1.82) is 0 Å². The van der Waals surface area contributed by atoms with Crippen molar-refractivity contribution in [3.8, 4) is 5.75 Å². The van der Waals surface area contributed by atoms with Crippen LogP contribution in [0.5, 0.6) is 5.75 Å². The van der Waals surface area contributed by atoms with Crippen LogP contribution in [-0.2, 0) is 4.74 Å². The van der Waals surface area contributed by atoms with Gasteiger partial charge in [0.05, 0.1) is 11.7 Å². The Morgan fingerprint density at radius 3 is 2.00 bits per heavy atom. The van der Waals surface area contributed by atoms with E-state index in [-0.39, 0.29) is 23.4 Å². The van der Waals surface area contributed by atoms with E-state index in [4.69, 9.17) is 9.47 Å². The van der Waals surface area contributed by atoms with Crippen molar-refractivity contribution in [2.75, 3.05) is 6.61 Å². The summed E-state index contributed by atoms with van der Waals surface area (Å²) in [6.45, 7) is 2.85. The van der Waals surface area contributed by atoms with Crippen molar-refractivity contribution in [3.63, 3.8) is 0 Å². The van der Waals surface area contributed by atoms with Crippen LogP contribution >= 0.6 is 10.2 Å². The lowest BCUT2D eigenvalue weighted by atomic mass is 9.82. The first-order valence-corrected chi connectivity index (χ1v) is 12.1. The molecule has 0 aromatic heterocycles. The second-order valence-electron chi connectivity index (χ2n) is 7.80. The SMILES string of the molecule is CCCO[C@H]1CC[C@H](c2ccc(C(=O)Oc3ccc(S(F)(F)(F)(F)F)cc3)cc2)CC1. The molecule has 0 saturated heterocycles. The number of carbonyl (C=O) groups excluding carboxylic acids is 1. The summed E-state index contributed by atoms with van der Waals surface area (Å²) in [5.74, 6) is -0.639. The van der Waals surface area contributed by atoms with E-state index in [1.54, 1.807) is 12.1 Å². The molecule has 0 radical (unpaired) electrons. The molecule has 0 unspecified atom stereocenters. The molecule has 0 bridgehead atoms. The van der Waals surface area contributed by atoms with E-state index in [2.05, 4.69) is 6.92 Å². The van der Waals surface area contributed by atoms with Crippen LogP contribution in [0, 0.1) is 0 Å². The number of hydrogen-bond acceptors (Lipinski definition) is 3. The summed E-state index contributed by atoms with van der Waals surface area (Å²) in [5, 5.41) is 0. The van der Waals surface area contributed by atoms with Crippen LogP contribution in [0.4, 0.5) is 19.4 Å². The molecule has 0 spiro atoms. The lowest BCUT2D eigenvalue weighted by Gasteiger charge is -2.40. The number of rotatable bonds is 7. The first kappa shape index (κ1) is 23.5. The zero-order valence-corrected chi connectivity index (χ0v) is 17.9. The maximum Gasteiger partial charge on any atom is 0.343 e. The molecule has 31 heavy (non-hydrogen) atoms. The fraction of sp³-hybridized carbons (Fsp3) is 0.409. The molecule has 1 fully saturated rings. The van der Waals surface area contributed by atoms with Crippen LogP contribution in [0.3, 0.4) is 0 Å². The smallest absolute Gasteiger partial charge is 0.343 e. The van der Waals surface area contributed by atoms with Crippen LogP contribution < -0.4 is 4.74 Å². The van der Waals surface area contributed by atoms with E-state index >= 15 is 0 Å². The fourth-order valence-electron chi connectivity index (χ4n) is 3.67. The summed E-state index contributed by atoms with van der Waals surface area (Å²) in [4.78, 5) is 10.2. The summed E-state index contributed by atoms with van der Waals surface area (Å²) in [7, 11) is -9.75. The molecule has 0 N–H and O–H groups in total. The van der Waals surface area contributed by atoms with Crippen molar-refractivity contribution in [1.82, 2.24) is 0 Å². The van der Waals surface area contributed by atoms with Gasteiger partial charge >= 0.3 is 16.2 Å². The highest BCUT2D eigenvalue weighted by Gasteiger charge is 2.65. The first-order valence-electron chi connectivity index (χ1n) is 10.1. The molecule has 2 aromatic rings. The highest BCUT2D eigenvalue weighted by molar-refractivity contribution is 8.45. The number of ether oxygens (including phenoxy) is 2. The van der Waals surface area contributed by atoms with Gasteiger partial charge in [-0.2, -0.15) is 0 Å². The number of esters is 1. The van der Waals surface area contributed by atoms with Gasteiger partial charge in [0.1, 0.15) is 10.6 Å². The van der Waals surface area contributed by atoms with Crippen LogP contribution in [0.1, 0.15) is 60.9 Å². The van der Waals surface area contributed by atoms with Gasteiger partial charge in [-0.05, 0) is 80.0 Å². The number of hydrogen-bond donors (Lipinski definition) is 0. The van der Waals surface area contributed by atoms with E-state index in [0.717, 1.165) is 44.3 Å². The molecule has 3 nitrogen and oxygen atoms in total. The van der Waals surface area contributed by atoms with Crippen molar-refractivity contribution in [3.05, 3.63) is 59.7 Å². The second kappa shape index (κ2) is 8.09. The normalized spacial score (nSPS) is 21.7. The number of carbonyl (C=O) groups is 1. The summed E-state index contributed by atoms with van der Waals surface area (Å²) < 4.78 is 74.6. The Morgan fingerprint density at radius 1 is 0.903 bits per heavy atom. The van der Waals surface area contributed by atoms with Gasteiger partial charge in [-0.1, -0.05) is 38.5 Å². The molecule has 3 rings (SSSR count). The summed E-state index contributed by atoms with van der Waals surface area (Å²) >= 11 is 0. The van der Waals surface area contributed by atoms with Crippen LogP contribution in [0.15, 0.2) is 53.4 Å². The zero-order valence-electron chi connectivity index (χ0n) is 17.0. The molecule has 1 aliphatic rings. The Labute approximate surface area is 178 Å². The van der Waals surface area contributed by atoms with Crippen LogP contribution in [0.25, 0.3) is 0 Å². The van der Waals surface area contributed by atoms with Crippen LogP contribution in [-0.4, -0.2) is 18.7 Å². The third kappa shape index (κ3) is 6.43. The van der Waals surface area contributed by atoms with Gasteiger partial charge < -0.3 is 9.47 Å². The van der Waals surface area contributed by atoms with Gasteiger partial charge in [-0.15, -0.1) is 0 Å². The van der Waals surface area contributed by atoms with Gasteiger partial charge in [0.15, 0.2) is 0 Å². The van der Waals surface area contributed by atoms with Gasteiger partial charge in [0.2, 0.25) is 0 Å². The average molecular weight is 464 g/mol. The first-order chi connectivity index (χ1) is 14.4. The summed E-state index contributed by atoms with van der Waals surface area (Å²) in [6, 6.07) is 8.72. The highest BCUT2D eigenvalue weighted by atomic mass is 32.5. The van der Waals surface area contributed by atoms with Gasteiger partial charge in [0, 0.05) is 6.61 Å². The van der Waals surface area contributed by atoms with E-state index in [0.29, 0.717) is 24.2 Å². The quantitative estimate of drug-likeness (QED) is 0.236. The molecule has 2 aromatic carbocycles. The van der Waals surface area contributed by atoms with Crippen molar-refractivity contribution in [2.45, 2.75) is 55.9 Å². The lowest BCUT2D eigenvalue weighted by molar-refractivity contribution is 0.0251. The van der Waals surface area contributed by atoms with E-state index < -0.39 is 21.1 Å². The number of halogens is 5. The second-order valence-corrected chi connectivity index (χ2v) is 10.2. The minimum Gasteiger partial charge on any atom is -0.423 e. The van der Waals surface area contributed by atoms with Crippen molar-refractivity contribution >= 4 is 16.2 Å². The third-order valence-electron chi connectivity index (χ3n) is 5.33. The molecule has 0 heterocycles. The predicted molar refractivity (Wildman–Crippen MR) is 110 cm³/mol. The third-order valence-corrected chi connectivity index (χ3v) is 6.49. The molecule has 172 valence electrons. The predicted octanol–water partition coefficient (Wildman–Crippen LogP) is 8.02. The average Bonchev–Trinajstić information content (AvgIpc) is 2.71. The van der Waals surface area contributed by atoms with Crippen LogP contribution in [0.2, 0.25) is 0 Å². The Hall–Kier alpha value is -2.13. The van der Waals surface area contributed by atoms with E-state index in [1.165, 1.54) is 0 Å². The Bertz CT molecular complexity index is 904. The number of benzene rings is 2.